The molecule has 5 rings (SSSR count). The van der Waals surface area contributed by atoms with Crippen LogP contribution in [0.4, 0.5) is 0 Å². The van der Waals surface area contributed by atoms with Gasteiger partial charge in [-0.2, -0.15) is 0 Å². The zero-order chi connectivity index (χ0) is 27.7. The molecule has 5 fully saturated rings. The molecule has 0 unspecified atom stereocenters. The van der Waals surface area contributed by atoms with Crippen LogP contribution in [-0.2, 0) is 9.53 Å². The lowest BCUT2D eigenvalue weighted by atomic mass is 9.32. The van der Waals surface area contributed by atoms with Gasteiger partial charge in [0.15, 0.2) is 0 Å². The van der Waals surface area contributed by atoms with E-state index in [0.29, 0.717) is 34.0 Å². The van der Waals surface area contributed by atoms with E-state index in [4.69, 9.17) is 4.74 Å². The van der Waals surface area contributed by atoms with Gasteiger partial charge in [0, 0.05) is 11.8 Å². The summed E-state index contributed by atoms with van der Waals surface area (Å²) in [6.45, 7) is 24.7. The molecule has 0 aromatic rings. The van der Waals surface area contributed by atoms with Crippen LogP contribution >= 0.6 is 0 Å². The van der Waals surface area contributed by atoms with Gasteiger partial charge in [0.2, 0.25) is 0 Å². The van der Waals surface area contributed by atoms with Gasteiger partial charge in [0.1, 0.15) is 6.10 Å². The van der Waals surface area contributed by atoms with Crippen LogP contribution in [0, 0.1) is 56.7 Å². The van der Waals surface area contributed by atoms with Crippen molar-refractivity contribution in [1.82, 2.24) is 0 Å². The van der Waals surface area contributed by atoms with E-state index < -0.39 is 0 Å². The summed E-state index contributed by atoms with van der Waals surface area (Å²) >= 11 is 0. The maximum Gasteiger partial charge on any atom is 0.306 e. The van der Waals surface area contributed by atoms with Gasteiger partial charge >= 0.3 is 5.97 Å². The molecule has 0 bridgehead atoms. The second-order valence-corrected chi connectivity index (χ2v) is 16.6. The van der Waals surface area contributed by atoms with Crippen LogP contribution < -0.4 is 0 Å². The Hall–Kier alpha value is -0.790. The smallest absolute Gasteiger partial charge is 0.306 e. The Bertz CT molecular complexity index is 934. The predicted molar refractivity (Wildman–Crippen MR) is 159 cm³/mol. The quantitative estimate of drug-likeness (QED) is 0.196. The van der Waals surface area contributed by atoms with Crippen LogP contribution in [0.3, 0.4) is 0 Å². The first-order valence-electron chi connectivity index (χ1n) is 16.6. The fraction of sp³-hybridized carbons (Fsp3) is 0.917. The molecular weight excluding hydrogens is 464 g/mol. The fourth-order valence-electron chi connectivity index (χ4n) is 12.4. The first kappa shape index (κ1) is 28.7. The Morgan fingerprint density at radius 2 is 1.55 bits per heavy atom. The van der Waals surface area contributed by atoms with Gasteiger partial charge < -0.3 is 4.74 Å². The largest absolute Gasteiger partial charge is 0.462 e. The third-order valence-electron chi connectivity index (χ3n) is 14.7. The third-order valence-corrected chi connectivity index (χ3v) is 14.7. The Labute approximate surface area is 235 Å². The van der Waals surface area contributed by atoms with Crippen LogP contribution in [-0.4, -0.2) is 12.1 Å². The molecule has 2 nitrogen and oxygen atoms in total. The number of esters is 1. The summed E-state index contributed by atoms with van der Waals surface area (Å²) in [5.41, 5.74) is 3.21. The molecule has 38 heavy (non-hydrogen) atoms. The summed E-state index contributed by atoms with van der Waals surface area (Å²) in [4.78, 5) is 12.8. The minimum Gasteiger partial charge on any atom is -0.462 e. The summed E-state index contributed by atoms with van der Waals surface area (Å²) in [6, 6.07) is 0. The Morgan fingerprint density at radius 3 is 2.24 bits per heavy atom. The molecule has 2 heteroatoms. The number of allylic oxidation sites excluding steroid dienone is 1. The first-order valence-corrected chi connectivity index (χ1v) is 16.6. The zero-order valence-electron chi connectivity index (χ0n) is 26.4. The number of hydrogen-bond acceptors (Lipinski definition) is 2. The van der Waals surface area contributed by atoms with Gasteiger partial charge in [0.05, 0.1) is 0 Å². The topological polar surface area (TPSA) is 26.3 Å². The molecule has 0 aromatic heterocycles. The van der Waals surface area contributed by atoms with E-state index >= 15 is 0 Å². The zero-order valence-corrected chi connectivity index (χ0v) is 26.4. The Morgan fingerprint density at radius 1 is 0.816 bits per heavy atom. The van der Waals surface area contributed by atoms with Crippen molar-refractivity contribution < 1.29 is 9.53 Å². The normalized spacial score (nSPS) is 49.3. The van der Waals surface area contributed by atoms with Gasteiger partial charge in [-0.15, -0.1) is 0 Å². The van der Waals surface area contributed by atoms with E-state index in [1.807, 2.05) is 0 Å². The van der Waals surface area contributed by atoms with Crippen molar-refractivity contribution in [3.8, 4) is 0 Å². The lowest BCUT2D eigenvalue weighted by Gasteiger charge is -2.73. The molecule has 0 saturated heterocycles. The Balaban J connectivity index is 1.40. The van der Waals surface area contributed by atoms with E-state index in [9.17, 15) is 4.79 Å². The van der Waals surface area contributed by atoms with Crippen molar-refractivity contribution in [2.45, 2.75) is 151 Å². The fourth-order valence-corrected chi connectivity index (χ4v) is 12.4. The molecule has 5 saturated carbocycles. The van der Waals surface area contributed by atoms with Crippen LogP contribution in [0.5, 0.6) is 0 Å². The molecule has 0 aromatic carbocycles. The lowest BCUT2D eigenvalue weighted by Crippen LogP contribution is -2.66. The Kier molecular flexibility index (Phi) is 7.29. The molecule has 0 spiro atoms. The van der Waals surface area contributed by atoms with Crippen molar-refractivity contribution in [3.05, 3.63) is 12.2 Å². The number of unbranched alkanes of at least 4 members (excludes halogenated alkanes) is 2. The highest BCUT2D eigenvalue weighted by Gasteiger charge is 2.70. The van der Waals surface area contributed by atoms with Crippen LogP contribution in [0.1, 0.15) is 145 Å². The number of rotatable bonds is 6. The van der Waals surface area contributed by atoms with E-state index in [1.165, 1.54) is 63.4 Å². The molecular formula is C36H60O2. The summed E-state index contributed by atoms with van der Waals surface area (Å²) in [5.74, 6) is 3.88. The number of hydrogen-bond donors (Lipinski definition) is 0. The lowest BCUT2D eigenvalue weighted by molar-refractivity contribution is -0.249. The first-order chi connectivity index (χ1) is 17.7. The highest BCUT2D eigenvalue weighted by Crippen LogP contribution is 2.77. The third kappa shape index (κ3) is 4.02. The number of carbonyl (C=O) groups is 1. The van der Waals surface area contributed by atoms with E-state index in [1.54, 1.807) is 0 Å². The van der Waals surface area contributed by atoms with Crippen molar-refractivity contribution in [1.29, 1.82) is 0 Å². The number of fused-ring (bicyclic) bond motifs is 7. The molecule has 5 aliphatic rings. The molecule has 10 atom stereocenters. The summed E-state index contributed by atoms with van der Waals surface area (Å²) in [6.07, 6.45) is 17.3. The van der Waals surface area contributed by atoms with Crippen LogP contribution in [0.25, 0.3) is 0 Å². The molecule has 5 aliphatic carbocycles. The highest BCUT2D eigenvalue weighted by atomic mass is 16.5. The standard InChI is InChI=1S/C36H60O2/c1-10-11-12-13-30(37)38-29-18-20-34(7)27(32(29,4)5)17-21-36(9)28(34)15-14-26-31-25(24(2)3)16-19-33(31,6)22-23-35(26,36)8/h25-29,31H,2,10-23H2,1,3-9H3/t25-,26-,27+,28-,29+,31+,33-,34+,35-,36-/m1/s1. The molecule has 216 valence electrons. The van der Waals surface area contributed by atoms with Crippen molar-refractivity contribution in [2.75, 3.05) is 0 Å². The van der Waals surface area contributed by atoms with Gasteiger partial charge in [0.25, 0.3) is 0 Å². The maximum atomic E-state index is 12.8. The second kappa shape index (κ2) is 9.65. The van der Waals surface area contributed by atoms with Gasteiger partial charge in [-0.05, 0) is 129 Å². The van der Waals surface area contributed by atoms with E-state index in [2.05, 4.69) is 62.0 Å². The molecule has 0 amide bonds. The average molecular weight is 525 g/mol. The summed E-state index contributed by atoms with van der Waals surface area (Å²) < 4.78 is 6.26. The molecule has 0 radical (unpaired) electrons. The van der Waals surface area contributed by atoms with Gasteiger partial charge in [-0.3, -0.25) is 4.79 Å². The highest BCUT2D eigenvalue weighted by molar-refractivity contribution is 5.69. The van der Waals surface area contributed by atoms with Gasteiger partial charge in [-0.25, -0.2) is 0 Å². The molecule has 0 N–H and O–H groups in total. The number of ether oxygens (including phenoxy) is 1. The molecule has 0 aliphatic heterocycles. The number of carbonyl (C=O) groups excluding carboxylic acids is 1. The van der Waals surface area contributed by atoms with Crippen LogP contribution in [0.2, 0.25) is 0 Å². The van der Waals surface area contributed by atoms with Crippen LogP contribution in [0.15, 0.2) is 12.2 Å². The van der Waals surface area contributed by atoms with E-state index in [0.717, 1.165) is 49.4 Å². The second-order valence-electron chi connectivity index (χ2n) is 16.6. The van der Waals surface area contributed by atoms with Gasteiger partial charge in [-0.1, -0.05) is 73.5 Å². The SMILES string of the molecule is C=C(C)[C@H]1CC[C@]2(C)CC[C@]3(C)[C@H](CC[C@@H]4[C@@]5(C)CC[C@H](OC(=O)CCCCC)C(C)(C)[C@@H]5CC[C@]43C)[C@H]12. The van der Waals surface area contributed by atoms with Crippen molar-refractivity contribution in [3.63, 3.8) is 0 Å². The minimum absolute atomic E-state index is 0.0441. The monoisotopic (exact) mass is 524 g/mol. The van der Waals surface area contributed by atoms with Crippen molar-refractivity contribution >= 4 is 5.97 Å². The molecule has 0 heterocycles. The average Bonchev–Trinajstić information content (AvgIpc) is 3.19. The maximum absolute atomic E-state index is 12.8. The van der Waals surface area contributed by atoms with E-state index in [-0.39, 0.29) is 17.5 Å². The summed E-state index contributed by atoms with van der Waals surface area (Å²) in [7, 11) is 0. The minimum atomic E-state index is 0.0441. The summed E-state index contributed by atoms with van der Waals surface area (Å²) in [5, 5.41) is 0. The van der Waals surface area contributed by atoms with Crippen molar-refractivity contribution in [2.24, 2.45) is 56.7 Å². The predicted octanol–water partition coefficient (Wildman–Crippen LogP) is 10.2.